The maximum absolute atomic E-state index is 4.28. The second-order valence-corrected chi connectivity index (χ2v) is 4.01. The van der Waals surface area contributed by atoms with E-state index >= 15 is 0 Å². The molecule has 2 aromatic heterocycles. The molecule has 5 heteroatoms. The van der Waals surface area contributed by atoms with Gasteiger partial charge >= 0.3 is 0 Å². The lowest BCUT2D eigenvalue weighted by molar-refractivity contribution is 0.778. The number of aryl methyl sites for hydroxylation is 1. The minimum absolute atomic E-state index is 0.457. The highest BCUT2D eigenvalue weighted by Crippen LogP contribution is 2.21. The monoisotopic (exact) mass is 215 g/mol. The van der Waals surface area contributed by atoms with Crippen LogP contribution in [0.25, 0.3) is 11.0 Å². The minimum atomic E-state index is 0.457. The van der Waals surface area contributed by atoms with E-state index in [0.29, 0.717) is 6.04 Å². The van der Waals surface area contributed by atoms with Crippen LogP contribution in [0.4, 0.5) is 5.82 Å². The Labute approximate surface area is 93.2 Å². The number of hydrogen-bond donors (Lipinski definition) is 1. The van der Waals surface area contributed by atoms with Crippen molar-refractivity contribution in [2.24, 2.45) is 7.05 Å². The SMILES string of the molecule is Cn1ncc2c(NC3CC=CC3)ncnc21. The number of nitrogens with one attached hydrogen (secondary N) is 1. The van der Waals surface area contributed by atoms with Crippen LogP contribution in [0, 0.1) is 0 Å². The summed E-state index contributed by atoms with van der Waals surface area (Å²) in [6.07, 6.45) is 9.89. The first-order valence-corrected chi connectivity index (χ1v) is 5.39. The first-order chi connectivity index (χ1) is 7.84. The molecule has 0 bridgehead atoms. The summed E-state index contributed by atoms with van der Waals surface area (Å²) in [7, 11) is 1.89. The maximum atomic E-state index is 4.28. The van der Waals surface area contributed by atoms with Crippen molar-refractivity contribution < 1.29 is 0 Å². The standard InChI is InChI=1S/C11H13N5/c1-16-11-9(6-14-16)10(12-7-13-11)15-8-4-2-3-5-8/h2-3,6-8H,4-5H2,1H3,(H,12,13,15). The van der Waals surface area contributed by atoms with Crippen LogP contribution in [0.5, 0.6) is 0 Å². The molecule has 82 valence electrons. The molecule has 0 spiro atoms. The number of anilines is 1. The zero-order valence-electron chi connectivity index (χ0n) is 9.09. The lowest BCUT2D eigenvalue weighted by atomic mass is 10.2. The summed E-state index contributed by atoms with van der Waals surface area (Å²) in [6.45, 7) is 0. The van der Waals surface area contributed by atoms with E-state index in [0.717, 1.165) is 29.7 Å². The second-order valence-electron chi connectivity index (χ2n) is 4.01. The Bertz CT molecular complexity index is 534. The first-order valence-electron chi connectivity index (χ1n) is 5.39. The third-order valence-corrected chi connectivity index (χ3v) is 2.88. The highest BCUT2D eigenvalue weighted by molar-refractivity contribution is 5.86. The number of fused-ring (bicyclic) bond motifs is 1. The van der Waals surface area contributed by atoms with Crippen LogP contribution in [0.1, 0.15) is 12.8 Å². The van der Waals surface area contributed by atoms with E-state index in [-0.39, 0.29) is 0 Å². The lowest BCUT2D eigenvalue weighted by Gasteiger charge is -2.12. The Morgan fingerprint density at radius 2 is 2.12 bits per heavy atom. The first kappa shape index (κ1) is 9.33. The molecule has 1 N–H and O–H groups in total. The molecule has 0 radical (unpaired) electrons. The van der Waals surface area contributed by atoms with Gasteiger partial charge < -0.3 is 5.32 Å². The molecule has 2 heterocycles. The second kappa shape index (κ2) is 3.59. The van der Waals surface area contributed by atoms with Gasteiger partial charge in [-0.05, 0) is 12.8 Å². The predicted molar refractivity (Wildman–Crippen MR) is 62.1 cm³/mol. The van der Waals surface area contributed by atoms with Crippen LogP contribution in [0.15, 0.2) is 24.7 Å². The normalized spacial score (nSPS) is 16.1. The topological polar surface area (TPSA) is 55.6 Å². The van der Waals surface area contributed by atoms with Gasteiger partial charge in [-0.1, -0.05) is 12.2 Å². The quantitative estimate of drug-likeness (QED) is 0.771. The van der Waals surface area contributed by atoms with Gasteiger partial charge in [0.15, 0.2) is 5.65 Å². The van der Waals surface area contributed by atoms with Crippen molar-refractivity contribution in [1.29, 1.82) is 0 Å². The molecule has 0 saturated carbocycles. The molecule has 0 fully saturated rings. The molecule has 0 aromatic carbocycles. The van der Waals surface area contributed by atoms with Gasteiger partial charge in [0.2, 0.25) is 0 Å². The van der Waals surface area contributed by atoms with Gasteiger partial charge in [0, 0.05) is 13.1 Å². The molecular weight excluding hydrogens is 202 g/mol. The van der Waals surface area contributed by atoms with Crippen molar-refractivity contribution >= 4 is 16.9 Å². The van der Waals surface area contributed by atoms with Crippen molar-refractivity contribution in [2.75, 3.05) is 5.32 Å². The zero-order chi connectivity index (χ0) is 11.0. The molecule has 3 rings (SSSR count). The van der Waals surface area contributed by atoms with Crippen molar-refractivity contribution in [3.63, 3.8) is 0 Å². The summed E-state index contributed by atoms with van der Waals surface area (Å²) in [4.78, 5) is 8.49. The summed E-state index contributed by atoms with van der Waals surface area (Å²) >= 11 is 0. The average Bonchev–Trinajstić information content (AvgIpc) is 2.90. The molecule has 0 amide bonds. The summed E-state index contributed by atoms with van der Waals surface area (Å²) < 4.78 is 1.76. The Hall–Kier alpha value is -1.91. The Morgan fingerprint density at radius 3 is 2.94 bits per heavy atom. The van der Waals surface area contributed by atoms with E-state index in [1.165, 1.54) is 0 Å². The molecule has 0 unspecified atom stereocenters. The minimum Gasteiger partial charge on any atom is -0.366 e. The fraction of sp³-hybridized carbons (Fsp3) is 0.364. The molecule has 0 aliphatic heterocycles. The summed E-state index contributed by atoms with van der Waals surface area (Å²) in [5, 5.41) is 8.60. The Kier molecular flexibility index (Phi) is 2.09. The number of hydrogen-bond acceptors (Lipinski definition) is 4. The van der Waals surface area contributed by atoms with Crippen molar-refractivity contribution in [3.8, 4) is 0 Å². The summed E-state index contributed by atoms with van der Waals surface area (Å²) in [5.74, 6) is 0.881. The van der Waals surface area contributed by atoms with Gasteiger partial charge in [-0.25, -0.2) is 9.97 Å². The maximum Gasteiger partial charge on any atom is 0.163 e. The van der Waals surface area contributed by atoms with Crippen molar-refractivity contribution in [1.82, 2.24) is 19.7 Å². The van der Waals surface area contributed by atoms with Crippen LogP contribution in [0.2, 0.25) is 0 Å². The lowest BCUT2D eigenvalue weighted by Crippen LogP contribution is -2.16. The number of rotatable bonds is 2. The molecule has 16 heavy (non-hydrogen) atoms. The molecule has 2 aromatic rings. The third-order valence-electron chi connectivity index (χ3n) is 2.88. The summed E-state index contributed by atoms with van der Waals surface area (Å²) in [5.41, 5.74) is 0.864. The molecule has 0 saturated heterocycles. The Balaban J connectivity index is 1.96. The fourth-order valence-corrected chi connectivity index (χ4v) is 2.01. The van der Waals surface area contributed by atoms with Gasteiger partial charge in [0.25, 0.3) is 0 Å². The molecule has 0 atom stereocenters. The zero-order valence-corrected chi connectivity index (χ0v) is 9.09. The molecule has 5 nitrogen and oxygen atoms in total. The Morgan fingerprint density at radius 1 is 1.31 bits per heavy atom. The summed E-state index contributed by atoms with van der Waals surface area (Å²) in [6, 6.07) is 0.457. The highest BCUT2D eigenvalue weighted by Gasteiger charge is 2.13. The number of aromatic nitrogens is 4. The fourth-order valence-electron chi connectivity index (χ4n) is 2.01. The number of nitrogens with zero attached hydrogens (tertiary/aromatic N) is 4. The van der Waals surface area contributed by atoms with E-state index in [2.05, 4.69) is 32.5 Å². The van der Waals surface area contributed by atoms with Crippen LogP contribution < -0.4 is 5.32 Å². The van der Waals surface area contributed by atoms with Crippen molar-refractivity contribution in [2.45, 2.75) is 18.9 Å². The van der Waals surface area contributed by atoms with Crippen LogP contribution in [0.3, 0.4) is 0 Å². The van der Waals surface area contributed by atoms with E-state index in [9.17, 15) is 0 Å². The van der Waals surface area contributed by atoms with Gasteiger partial charge in [0.05, 0.1) is 11.6 Å². The van der Waals surface area contributed by atoms with E-state index in [1.807, 2.05) is 7.05 Å². The largest absolute Gasteiger partial charge is 0.366 e. The average molecular weight is 215 g/mol. The van der Waals surface area contributed by atoms with Gasteiger partial charge in [-0.15, -0.1) is 0 Å². The smallest absolute Gasteiger partial charge is 0.163 e. The third kappa shape index (κ3) is 1.44. The van der Waals surface area contributed by atoms with Crippen LogP contribution in [-0.2, 0) is 7.05 Å². The van der Waals surface area contributed by atoms with Gasteiger partial charge in [0.1, 0.15) is 12.1 Å². The van der Waals surface area contributed by atoms with Crippen LogP contribution in [-0.4, -0.2) is 25.8 Å². The molecule has 1 aliphatic rings. The molecular formula is C11H13N5. The van der Waals surface area contributed by atoms with Crippen LogP contribution >= 0.6 is 0 Å². The van der Waals surface area contributed by atoms with Gasteiger partial charge in [-0.3, -0.25) is 4.68 Å². The van der Waals surface area contributed by atoms with E-state index in [4.69, 9.17) is 0 Å². The van der Waals surface area contributed by atoms with E-state index in [1.54, 1.807) is 17.2 Å². The predicted octanol–water partition coefficient (Wildman–Crippen LogP) is 1.49. The molecule has 1 aliphatic carbocycles. The highest BCUT2D eigenvalue weighted by atomic mass is 15.3. The van der Waals surface area contributed by atoms with Crippen molar-refractivity contribution in [3.05, 3.63) is 24.7 Å². The van der Waals surface area contributed by atoms with E-state index < -0.39 is 0 Å². The van der Waals surface area contributed by atoms with Gasteiger partial charge in [-0.2, -0.15) is 5.10 Å².